The van der Waals surface area contributed by atoms with Crippen molar-refractivity contribution in [3.05, 3.63) is 18.2 Å². The zero-order valence-corrected chi connectivity index (χ0v) is 12.9. The minimum Gasteiger partial charge on any atom is -0.489 e. The van der Waals surface area contributed by atoms with Gasteiger partial charge in [-0.3, -0.25) is 0 Å². The van der Waals surface area contributed by atoms with E-state index in [0.717, 1.165) is 37.4 Å². The van der Waals surface area contributed by atoms with Crippen LogP contribution < -0.4 is 15.4 Å². The summed E-state index contributed by atoms with van der Waals surface area (Å²) in [7, 11) is 0. The van der Waals surface area contributed by atoms with Gasteiger partial charge >= 0.3 is 0 Å². The summed E-state index contributed by atoms with van der Waals surface area (Å²) in [6.45, 7) is 6.31. The van der Waals surface area contributed by atoms with Crippen molar-refractivity contribution in [2.24, 2.45) is 0 Å². The second-order valence-corrected chi connectivity index (χ2v) is 5.64. The van der Waals surface area contributed by atoms with E-state index in [2.05, 4.69) is 4.90 Å². The zero-order chi connectivity index (χ0) is 15.2. The number of aliphatic hydroxyl groups is 1. The maximum Gasteiger partial charge on any atom is 0.144 e. The van der Waals surface area contributed by atoms with Gasteiger partial charge in [0.25, 0.3) is 0 Å². The fourth-order valence-electron chi connectivity index (χ4n) is 2.65. The van der Waals surface area contributed by atoms with Gasteiger partial charge < -0.3 is 25.2 Å². The quantitative estimate of drug-likeness (QED) is 0.786. The Hall–Kier alpha value is -1.46. The summed E-state index contributed by atoms with van der Waals surface area (Å²) >= 11 is 0. The molecule has 0 aliphatic carbocycles. The van der Waals surface area contributed by atoms with E-state index in [4.69, 9.17) is 20.3 Å². The van der Waals surface area contributed by atoms with E-state index in [1.165, 1.54) is 0 Å². The molecular formula is C16H26N2O3. The predicted octanol–water partition coefficient (Wildman–Crippen LogP) is 2.03. The molecule has 0 spiro atoms. The molecule has 1 aliphatic rings. The summed E-state index contributed by atoms with van der Waals surface area (Å²) in [5, 5.41) is 8.80. The summed E-state index contributed by atoms with van der Waals surface area (Å²) < 4.78 is 11.3. The summed E-state index contributed by atoms with van der Waals surface area (Å²) in [5.41, 5.74) is 7.99. The number of nitrogens with two attached hydrogens (primary N) is 1. The maximum atomic E-state index is 8.80. The molecule has 5 heteroatoms. The van der Waals surface area contributed by atoms with Crippen molar-refractivity contribution in [3.8, 4) is 5.75 Å². The normalized spacial score (nSPS) is 16.5. The molecule has 0 amide bonds. The standard InChI is InChI=1S/C16H26N2O3/c1-12(2)21-15-5-3-4-14(16(15)17)18-8-6-13(7-9-18)20-11-10-19/h3-5,12-13,19H,6-11,17H2,1-2H3. The Kier molecular flexibility index (Phi) is 5.70. The molecule has 1 fully saturated rings. The first-order valence-corrected chi connectivity index (χ1v) is 7.64. The van der Waals surface area contributed by atoms with Crippen molar-refractivity contribution >= 4 is 11.4 Å². The predicted molar refractivity (Wildman–Crippen MR) is 84.9 cm³/mol. The van der Waals surface area contributed by atoms with E-state index in [1.807, 2.05) is 32.0 Å². The van der Waals surface area contributed by atoms with Crippen LogP contribution in [0, 0.1) is 0 Å². The third kappa shape index (κ3) is 4.25. The van der Waals surface area contributed by atoms with Crippen molar-refractivity contribution in [2.75, 3.05) is 36.9 Å². The van der Waals surface area contributed by atoms with E-state index in [9.17, 15) is 0 Å². The average Bonchev–Trinajstić information content (AvgIpc) is 2.47. The average molecular weight is 294 g/mol. The lowest BCUT2D eigenvalue weighted by atomic mass is 10.1. The second-order valence-electron chi connectivity index (χ2n) is 5.64. The Morgan fingerprint density at radius 3 is 2.67 bits per heavy atom. The number of hydrogen-bond acceptors (Lipinski definition) is 5. The van der Waals surface area contributed by atoms with Crippen LogP contribution in [-0.4, -0.2) is 43.6 Å². The number of ether oxygens (including phenoxy) is 2. The van der Waals surface area contributed by atoms with Crippen molar-refractivity contribution in [2.45, 2.75) is 38.9 Å². The van der Waals surface area contributed by atoms with E-state index < -0.39 is 0 Å². The Labute approximate surface area is 126 Å². The fourth-order valence-corrected chi connectivity index (χ4v) is 2.65. The maximum absolute atomic E-state index is 8.80. The lowest BCUT2D eigenvalue weighted by Crippen LogP contribution is -2.37. The van der Waals surface area contributed by atoms with Gasteiger partial charge in [0, 0.05) is 13.1 Å². The minimum atomic E-state index is 0.0851. The van der Waals surface area contributed by atoms with Crippen LogP contribution in [-0.2, 0) is 4.74 Å². The first-order valence-electron chi connectivity index (χ1n) is 7.64. The first kappa shape index (κ1) is 15.9. The summed E-state index contributed by atoms with van der Waals surface area (Å²) in [6, 6.07) is 5.94. The highest BCUT2D eigenvalue weighted by Gasteiger charge is 2.22. The van der Waals surface area contributed by atoms with Gasteiger partial charge in [0.15, 0.2) is 0 Å². The smallest absolute Gasteiger partial charge is 0.144 e. The van der Waals surface area contributed by atoms with Crippen LogP contribution in [0.3, 0.4) is 0 Å². The first-order chi connectivity index (χ1) is 10.1. The van der Waals surface area contributed by atoms with Crippen LogP contribution in [0.4, 0.5) is 11.4 Å². The summed E-state index contributed by atoms with van der Waals surface area (Å²) in [6.07, 6.45) is 2.26. The topological polar surface area (TPSA) is 68.0 Å². The number of benzene rings is 1. The van der Waals surface area contributed by atoms with Crippen LogP contribution >= 0.6 is 0 Å². The molecule has 1 aliphatic heterocycles. The molecule has 0 atom stereocenters. The fraction of sp³-hybridized carbons (Fsp3) is 0.625. The Balaban J connectivity index is 2.00. The number of aliphatic hydroxyl groups excluding tert-OH is 1. The van der Waals surface area contributed by atoms with Gasteiger partial charge in [-0.2, -0.15) is 0 Å². The largest absolute Gasteiger partial charge is 0.489 e. The van der Waals surface area contributed by atoms with E-state index in [-0.39, 0.29) is 18.8 Å². The highest BCUT2D eigenvalue weighted by molar-refractivity contribution is 5.74. The lowest BCUT2D eigenvalue weighted by molar-refractivity contribution is 0.0159. The number of nitrogens with zero attached hydrogens (tertiary/aromatic N) is 1. The molecule has 0 bridgehead atoms. The van der Waals surface area contributed by atoms with Crippen LogP contribution in [0.1, 0.15) is 26.7 Å². The van der Waals surface area contributed by atoms with Crippen LogP contribution in [0.2, 0.25) is 0 Å². The monoisotopic (exact) mass is 294 g/mol. The molecule has 2 rings (SSSR count). The SMILES string of the molecule is CC(C)Oc1cccc(N2CCC(OCCO)CC2)c1N. The summed E-state index contributed by atoms with van der Waals surface area (Å²) in [4.78, 5) is 2.28. The number of piperidine rings is 1. The second kappa shape index (κ2) is 7.52. The molecule has 0 unspecified atom stereocenters. The molecular weight excluding hydrogens is 268 g/mol. The van der Waals surface area contributed by atoms with Gasteiger partial charge in [-0.25, -0.2) is 0 Å². The van der Waals surface area contributed by atoms with Crippen molar-refractivity contribution in [3.63, 3.8) is 0 Å². The highest BCUT2D eigenvalue weighted by Crippen LogP contribution is 2.34. The van der Waals surface area contributed by atoms with Gasteiger partial charge in [0.05, 0.1) is 36.8 Å². The van der Waals surface area contributed by atoms with Crippen molar-refractivity contribution < 1.29 is 14.6 Å². The molecule has 1 aromatic carbocycles. The molecule has 118 valence electrons. The highest BCUT2D eigenvalue weighted by atomic mass is 16.5. The molecule has 21 heavy (non-hydrogen) atoms. The molecule has 1 aromatic rings. The third-order valence-electron chi connectivity index (χ3n) is 3.63. The third-order valence-corrected chi connectivity index (χ3v) is 3.63. The number of rotatable bonds is 6. The van der Waals surface area contributed by atoms with Crippen molar-refractivity contribution in [1.29, 1.82) is 0 Å². The Bertz CT molecular complexity index is 443. The molecule has 0 radical (unpaired) electrons. The minimum absolute atomic E-state index is 0.0851. The van der Waals surface area contributed by atoms with Crippen LogP contribution in [0.5, 0.6) is 5.75 Å². The molecule has 0 aromatic heterocycles. The number of nitrogen functional groups attached to an aromatic ring is 1. The lowest BCUT2D eigenvalue weighted by Gasteiger charge is -2.34. The van der Waals surface area contributed by atoms with E-state index >= 15 is 0 Å². The number of hydrogen-bond donors (Lipinski definition) is 2. The zero-order valence-electron chi connectivity index (χ0n) is 12.9. The molecule has 5 nitrogen and oxygen atoms in total. The van der Waals surface area contributed by atoms with Gasteiger partial charge in [0.2, 0.25) is 0 Å². The molecule has 3 N–H and O–H groups in total. The molecule has 1 heterocycles. The molecule has 1 saturated heterocycles. The van der Waals surface area contributed by atoms with Crippen LogP contribution in [0.15, 0.2) is 18.2 Å². The number of anilines is 2. The Morgan fingerprint density at radius 2 is 2.05 bits per heavy atom. The van der Waals surface area contributed by atoms with Crippen molar-refractivity contribution in [1.82, 2.24) is 0 Å². The van der Waals surface area contributed by atoms with Gasteiger partial charge in [-0.1, -0.05) is 6.07 Å². The van der Waals surface area contributed by atoms with E-state index in [0.29, 0.717) is 12.3 Å². The number of para-hydroxylation sites is 1. The van der Waals surface area contributed by atoms with Gasteiger partial charge in [0.1, 0.15) is 5.75 Å². The van der Waals surface area contributed by atoms with Crippen LogP contribution in [0.25, 0.3) is 0 Å². The van der Waals surface area contributed by atoms with Gasteiger partial charge in [-0.05, 0) is 38.8 Å². The van der Waals surface area contributed by atoms with Gasteiger partial charge in [-0.15, -0.1) is 0 Å². The van der Waals surface area contributed by atoms with E-state index in [1.54, 1.807) is 0 Å². The molecule has 0 saturated carbocycles. The summed E-state index contributed by atoms with van der Waals surface area (Å²) in [5.74, 6) is 0.751. The Morgan fingerprint density at radius 1 is 1.33 bits per heavy atom.